The number of benzene rings is 1. The third-order valence-corrected chi connectivity index (χ3v) is 3.52. The molecule has 6 heteroatoms. The zero-order chi connectivity index (χ0) is 13.9. The number of alkyl halides is 4. The van der Waals surface area contributed by atoms with Gasteiger partial charge in [0.1, 0.15) is 0 Å². The molecule has 0 bridgehead atoms. The number of rotatable bonds is 3. The quantitative estimate of drug-likeness (QED) is 0.833. The molecule has 0 fully saturated rings. The smallest absolute Gasteiger partial charge is 0.325 e. The van der Waals surface area contributed by atoms with E-state index >= 15 is 0 Å². The van der Waals surface area contributed by atoms with Gasteiger partial charge in [-0.1, -0.05) is 28.9 Å². The van der Waals surface area contributed by atoms with Crippen LogP contribution in [0.1, 0.15) is 24.5 Å². The Hall–Kier alpha value is -1.04. The molecular weight excluding hydrogens is 311 g/mol. The summed E-state index contributed by atoms with van der Waals surface area (Å²) < 4.78 is 38.0. The van der Waals surface area contributed by atoms with Gasteiger partial charge in [-0.2, -0.15) is 13.2 Å². The van der Waals surface area contributed by atoms with Crippen LogP contribution in [0.5, 0.6) is 0 Å². The number of hydrogen-bond donors (Lipinski definition) is 1. The highest BCUT2D eigenvalue weighted by Gasteiger charge is 2.32. The highest BCUT2D eigenvalue weighted by Crippen LogP contribution is 2.33. The molecule has 0 aliphatic carbocycles. The van der Waals surface area contributed by atoms with Crippen LogP contribution in [0.25, 0.3) is 0 Å². The fourth-order valence-corrected chi connectivity index (χ4v) is 1.53. The Labute approximate surface area is 112 Å². The zero-order valence-corrected chi connectivity index (χ0v) is 11.5. The van der Waals surface area contributed by atoms with Gasteiger partial charge in [0, 0.05) is 5.69 Å². The minimum atomic E-state index is -4.41. The second-order valence-corrected chi connectivity index (χ2v) is 5.00. The van der Waals surface area contributed by atoms with Crippen LogP contribution in [0, 0.1) is 6.92 Å². The summed E-state index contributed by atoms with van der Waals surface area (Å²) in [6.45, 7) is 3.18. The van der Waals surface area contributed by atoms with Crippen molar-refractivity contribution >= 4 is 27.5 Å². The van der Waals surface area contributed by atoms with E-state index in [1.54, 1.807) is 6.92 Å². The summed E-state index contributed by atoms with van der Waals surface area (Å²) in [4.78, 5) is 11.1. The first-order chi connectivity index (χ1) is 8.25. The van der Waals surface area contributed by atoms with E-state index < -0.39 is 16.6 Å². The summed E-state index contributed by atoms with van der Waals surface area (Å²) in [6, 6.07) is 3.74. The molecule has 1 N–H and O–H groups in total. The summed E-state index contributed by atoms with van der Waals surface area (Å²) in [5, 5.41) is 2.45. The van der Waals surface area contributed by atoms with Gasteiger partial charge in [0.2, 0.25) is 5.91 Å². The number of anilines is 1. The third kappa shape index (κ3) is 3.73. The highest BCUT2D eigenvalue weighted by atomic mass is 79.9. The van der Waals surface area contributed by atoms with E-state index in [1.807, 2.05) is 0 Å². The fourth-order valence-electron chi connectivity index (χ4n) is 1.41. The Balaban J connectivity index is 2.96. The van der Waals surface area contributed by atoms with E-state index in [9.17, 15) is 18.0 Å². The van der Waals surface area contributed by atoms with Crippen LogP contribution in [0.3, 0.4) is 0 Å². The molecule has 0 spiro atoms. The van der Waals surface area contributed by atoms with Gasteiger partial charge in [-0.05, 0) is 31.0 Å². The molecular formula is C12H13BrF3NO. The predicted molar refractivity (Wildman–Crippen MR) is 67.8 cm³/mol. The molecule has 18 heavy (non-hydrogen) atoms. The van der Waals surface area contributed by atoms with Crippen LogP contribution in [0.4, 0.5) is 18.9 Å². The van der Waals surface area contributed by atoms with Gasteiger partial charge in [-0.15, -0.1) is 0 Å². The normalized spacial score (nSPS) is 13.2. The van der Waals surface area contributed by atoms with Crippen molar-refractivity contribution in [2.75, 3.05) is 5.32 Å². The summed E-state index contributed by atoms with van der Waals surface area (Å²) >= 11 is 3.14. The van der Waals surface area contributed by atoms with Gasteiger partial charge in [0.15, 0.2) is 0 Å². The molecule has 0 heterocycles. The lowest BCUT2D eigenvalue weighted by molar-refractivity contribution is -0.138. The van der Waals surface area contributed by atoms with Crippen molar-refractivity contribution in [3.63, 3.8) is 0 Å². The van der Waals surface area contributed by atoms with Crippen molar-refractivity contribution in [1.29, 1.82) is 0 Å². The zero-order valence-electron chi connectivity index (χ0n) is 9.94. The maximum Gasteiger partial charge on any atom is 0.416 e. The van der Waals surface area contributed by atoms with E-state index in [-0.39, 0.29) is 17.2 Å². The van der Waals surface area contributed by atoms with Crippen LogP contribution in [0.2, 0.25) is 0 Å². The molecule has 100 valence electrons. The van der Waals surface area contributed by atoms with E-state index in [0.717, 1.165) is 6.07 Å². The Kier molecular flexibility index (Phi) is 4.78. The Morgan fingerprint density at radius 3 is 2.56 bits per heavy atom. The minimum Gasteiger partial charge on any atom is -0.325 e. The Bertz CT molecular complexity index is 445. The second kappa shape index (κ2) is 5.73. The Morgan fingerprint density at radius 1 is 1.44 bits per heavy atom. The molecule has 0 aliphatic rings. The third-order valence-electron chi connectivity index (χ3n) is 2.45. The van der Waals surface area contributed by atoms with E-state index in [4.69, 9.17) is 0 Å². The summed E-state index contributed by atoms with van der Waals surface area (Å²) in [6.07, 6.45) is -3.85. The second-order valence-electron chi connectivity index (χ2n) is 3.89. The minimum absolute atomic E-state index is 0.131. The van der Waals surface area contributed by atoms with Crippen LogP contribution in [0.15, 0.2) is 18.2 Å². The van der Waals surface area contributed by atoms with Crippen molar-refractivity contribution in [2.45, 2.75) is 31.3 Å². The topological polar surface area (TPSA) is 29.1 Å². The lowest BCUT2D eigenvalue weighted by Gasteiger charge is -2.13. The molecule has 0 aliphatic heterocycles. The lowest BCUT2D eigenvalue weighted by Crippen LogP contribution is -2.22. The number of carbonyl (C=O) groups is 1. The molecule has 0 aromatic heterocycles. The summed E-state index contributed by atoms with van der Waals surface area (Å²) in [7, 11) is 0. The molecule has 1 unspecified atom stereocenters. The SMILES string of the molecule is CCC(Br)C(=O)Nc1ccc(C)c(C(F)(F)F)c1. The number of hydrogen-bond acceptors (Lipinski definition) is 1. The number of carbonyl (C=O) groups excluding carboxylic acids is 1. The van der Waals surface area contributed by atoms with Crippen LogP contribution >= 0.6 is 15.9 Å². The van der Waals surface area contributed by atoms with Crippen molar-refractivity contribution in [3.05, 3.63) is 29.3 Å². The maximum absolute atomic E-state index is 12.7. The summed E-state index contributed by atoms with van der Waals surface area (Å²) in [5.74, 6) is -0.352. The van der Waals surface area contributed by atoms with Crippen molar-refractivity contribution in [2.24, 2.45) is 0 Å². The monoisotopic (exact) mass is 323 g/mol. The molecule has 1 rings (SSSR count). The molecule has 1 amide bonds. The van der Waals surface area contributed by atoms with Gasteiger partial charge in [0.25, 0.3) is 0 Å². The van der Waals surface area contributed by atoms with Crippen molar-refractivity contribution in [1.82, 2.24) is 0 Å². The predicted octanol–water partition coefficient (Wildman–Crippen LogP) is 4.13. The molecule has 1 aromatic carbocycles. The van der Waals surface area contributed by atoms with E-state index in [0.29, 0.717) is 6.42 Å². The fraction of sp³-hybridized carbons (Fsp3) is 0.417. The van der Waals surface area contributed by atoms with E-state index in [1.165, 1.54) is 19.1 Å². The van der Waals surface area contributed by atoms with Gasteiger partial charge < -0.3 is 5.32 Å². The van der Waals surface area contributed by atoms with Crippen LogP contribution < -0.4 is 5.32 Å². The first-order valence-corrected chi connectivity index (χ1v) is 6.30. The van der Waals surface area contributed by atoms with Crippen LogP contribution in [-0.2, 0) is 11.0 Å². The number of halogens is 4. The average molecular weight is 324 g/mol. The molecule has 0 radical (unpaired) electrons. The summed E-state index contributed by atoms with van der Waals surface area (Å²) in [5.41, 5.74) is -0.454. The van der Waals surface area contributed by atoms with Crippen molar-refractivity contribution < 1.29 is 18.0 Å². The van der Waals surface area contributed by atoms with Gasteiger partial charge in [0.05, 0.1) is 10.4 Å². The first-order valence-electron chi connectivity index (χ1n) is 5.38. The van der Waals surface area contributed by atoms with E-state index in [2.05, 4.69) is 21.2 Å². The lowest BCUT2D eigenvalue weighted by atomic mass is 10.1. The molecule has 2 nitrogen and oxygen atoms in total. The average Bonchev–Trinajstić information content (AvgIpc) is 2.29. The molecule has 1 aromatic rings. The molecule has 0 saturated heterocycles. The highest BCUT2D eigenvalue weighted by molar-refractivity contribution is 9.10. The van der Waals surface area contributed by atoms with Gasteiger partial charge >= 0.3 is 6.18 Å². The first kappa shape index (κ1) is 15.0. The molecule has 1 atom stereocenters. The Morgan fingerprint density at radius 2 is 2.06 bits per heavy atom. The standard InChI is InChI=1S/C12H13BrF3NO/c1-3-10(13)11(18)17-8-5-4-7(2)9(6-8)12(14,15)16/h4-6,10H,3H2,1-2H3,(H,17,18). The van der Waals surface area contributed by atoms with Crippen LogP contribution in [-0.4, -0.2) is 10.7 Å². The number of nitrogens with one attached hydrogen (secondary N) is 1. The molecule has 0 saturated carbocycles. The number of aryl methyl sites for hydroxylation is 1. The maximum atomic E-state index is 12.7. The van der Waals surface area contributed by atoms with Crippen molar-refractivity contribution in [3.8, 4) is 0 Å². The van der Waals surface area contributed by atoms with Gasteiger partial charge in [-0.25, -0.2) is 0 Å². The van der Waals surface area contributed by atoms with Gasteiger partial charge in [-0.3, -0.25) is 4.79 Å². The number of amides is 1. The largest absolute Gasteiger partial charge is 0.416 e.